The van der Waals surface area contributed by atoms with E-state index in [2.05, 4.69) is 0 Å². The Morgan fingerprint density at radius 1 is 1.40 bits per heavy atom. The van der Waals surface area contributed by atoms with Crippen LogP contribution in [0.25, 0.3) is 0 Å². The van der Waals surface area contributed by atoms with Crippen molar-refractivity contribution in [1.82, 2.24) is 9.80 Å². The van der Waals surface area contributed by atoms with Crippen LogP contribution in [0.1, 0.15) is 32.6 Å². The van der Waals surface area contributed by atoms with Gasteiger partial charge in [-0.1, -0.05) is 18.7 Å². The van der Waals surface area contributed by atoms with Crippen LogP contribution in [0.4, 0.5) is 4.79 Å². The summed E-state index contributed by atoms with van der Waals surface area (Å²) in [5.74, 6) is -0.305. The minimum Gasteiger partial charge on any atom is -0.479 e. The third-order valence-electron chi connectivity index (χ3n) is 4.21. The van der Waals surface area contributed by atoms with E-state index in [0.717, 1.165) is 12.2 Å². The van der Waals surface area contributed by atoms with Gasteiger partial charge in [-0.3, -0.25) is 9.59 Å². The molecule has 2 aliphatic heterocycles. The monoisotopic (exact) mass is 300 g/mol. The molecule has 7 heteroatoms. The number of thioether (sulfide) groups is 1. The van der Waals surface area contributed by atoms with E-state index < -0.39 is 11.5 Å². The van der Waals surface area contributed by atoms with E-state index in [-0.39, 0.29) is 17.6 Å². The topological polar surface area (TPSA) is 77.9 Å². The highest BCUT2D eigenvalue weighted by Crippen LogP contribution is 2.33. The predicted molar refractivity (Wildman–Crippen MR) is 75.6 cm³/mol. The van der Waals surface area contributed by atoms with Gasteiger partial charge in [0.05, 0.1) is 0 Å². The van der Waals surface area contributed by atoms with Crippen LogP contribution >= 0.6 is 11.8 Å². The maximum Gasteiger partial charge on any atom is 0.329 e. The summed E-state index contributed by atoms with van der Waals surface area (Å²) in [6, 6.07) is 0. The fourth-order valence-electron chi connectivity index (χ4n) is 2.98. The first-order valence-corrected chi connectivity index (χ1v) is 7.95. The van der Waals surface area contributed by atoms with Gasteiger partial charge in [0, 0.05) is 31.8 Å². The average molecular weight is 300 g/mol. The SMILES string of the molecule is CCC1(C(=O)O)CCCN1C(=O)CCN1CCSC1=O. The second kappa shape index (κ2) is 6.03. The van der Waals surface area contributed by atoms with Crippen LogP contribution in [0.2, 0.25) is 0 Å². The molecule has 0 aromatic heterocycles. The maximum absolute atomic E-state index is 12.3. The molecule has 2 heterocycles. The van der Waals surface area contributed by atoms with E-state index in [0.29, 0.717) is 32.5 Å². The molecule has 2 amide bonds. The minimum absolute atomic E-state index is 0.0132. The largest absolute Gasteiger partial charge is 0.479 e. The van der Waals surface area contributed by atoms with Crippen LogP contribution in [-0.4, -0.2) is 62.9 Å². The number of hydrogen-bond acceptors (Lipinski definition) is 4. The lowest BCUT2D eigenvalue weighted by Gasteiger charge is -2.34. The van der Waals surface area contributed by atoms with E-state index >= 15 is 0 Å². The summed E-state index contributed by atoms with van der Waals surface area (Å²) >= 11 is 1.27. The van der Waals surface area contributed by atoms with Crippen LogP contribution in [0.15, 0.2) is 0 Å². The Morgan fingerprint density at radius 2 is 2.15 bits per heavy atom. The number of rotatable bonds is 5. The van der Waals surface area contributed by atoms with Gasteiger partial charge in [0.15, 0.2) is 0 Å². The predicted octanol–water partition coefficient (Wildman–Crippen LogP) is 1.40. The minimum atomic E-state index is -1.04. The summed E-state index contributed by atoms with van der Waals surface area (Å²) in [6.07, 6.45) is 1.88. The summed E-state index contributed by atoms with van der Waals surface area (Å²) in [7, 11) is 0. The van der Waals surface area contributed by atoms with E-state index in [1.54, 1.807) is 11.8 Å². The molecule has 0 aromatic carbocycles. The number of nitrogens with zero attached hydrogens (tertiary/aromatic N) is 2. The molecule has 6 nitrogen and oxygen atoms in total. The molecule has 0 aromatic rings. The highest BCUT2D eigenvalue weighted by molar-refractivity contribution is 8.13. The van der Waals surface area contributed by atoms with Crippen LogP contribution in [0.3, 0.4) is 0 Å². The first-order chi connectivity index (χ1) is 9.51. The molecule has 1 N–H and O–H groups in total. The Labute approximate surface area is 122 Å². The first-order valence-electron chi connectivity index (χ1n) is 6.97. The summed E-state index contributed by atoms with van der Waals surface area (Å²) in [4.78, 5) is 38.5. The van der Waals surface area contributed by atoms with Gasteiger partial charge in [-0.25, -0.2) is 4.79 Å². The summed E-state index contributed by atoms with van der Waals surface area (Å²) in [6.45, 7) is 3.37. The van der Waals surface area contributed by atoms with Crippen molar-refractivity contribution in [3.63, 3.8) is 0 Å². The van der Waals surface area contributed by atoms with Crippen molar-refractivity contribution in [1.29, 1.82) is 0 Å². The molecule has 2 rings (SSSR count). The normalized spacial score (nSPS) is 26.4. The second-order valence-corrected chi connectivity index (χ2v) is 6.24. The molecule has 1 atom stereocenters. The van der Waals surface area contributed by atoms with Crippen LogP contribution < -0.4 is 0 Å². The smallest absolute Gasteiger partial charge is 0.329 e. The Kier molecular flexibility index (Phi) is 4.57. The number of likely N-dealkylation sites (tertiary alicyclic amines) is 1. The molecule has 112 valence electrons. The van der Waals surface area contributed by atoms with Crippen molar-refractivity contribution < 1.29 is 19.5 Å². The molecule has 0 saturated carbocycles. The second-order valence-electron chi connectivity index (χ2n) is 5.19. The van der Waals surface area contributed by atoms with E-state index in [4.69, 9.17) is 0 Å². The molecule has 2 saturated heterocycles. The number of carboxylic acid groups (broad SMARTS) is 1. The third kappa shape index (κ3) is 2.63. The van der Waals surface area contributed by atoms with Gasteiger partial charge < -0.3 is 14.9 Å². The van der Waals surface area contributed by atoms with E-state index in [1.807, 2.05) is 0 Å². The van der Waals surface area contributed by atoms with Gasteiger partial charge in [-0.15, -0.1) is 0 Å². The molecule has 2 fully saturated rings. The number of hydrogen-bond donors (Lipinski definition) is 1. The number of carbonyl (C=O) groups excluding carboxylic acids is 2. The summed E-state index contributed by atoms with van der Waals surface area (Å²) in [5.41, 5.74) is -1.04. The zero-order valence-electron chi connectivity index (χ0n) is 11.6. The third-order valence-corrected chi connectivity index (χ3v) is 5.11. The van der Waals surface area contributed by atoms with Crippen molar-refractivity contribution in [2.24, 2.45) is 0 Å². The van der Waals surface area contributed by atoms with E-state index in [9.17, 15) is 19.5 Å². The summed E-state index contributed by atoms with van der Waals surface area (Å²) in [5, 5.41) is 9.46. The molecule has 0 radical (unpaired) electrons. The Balaban J connectivity index is 1.97. The fourth-order valence-corrected chi connectivity index (χ4v) is 3.83. The molecule has 20 heavy (non-hydrogen) atoms. The lowest BCUT2D eigenvalue weighted by Crippen LogP contribution is -2.53. The molecule has 0 aliphatic carbocycles. The number of carbonyl (C=O) groups is 3. The lowest BCUT2D eigenvalue weighted by molar-refractivity contribution is -0.156. The highest BCUT2D eigenvalue weighted by atomic mass is 32.2. The van der Waals surface area contributed by atoms with Gasteiger partial charge in [0.1, 0.15) is 5.54 Å². The fraction of sp³-hybridized carbons (Fsp3) is 0.769. The molecule has 2 aliphatic rings. The zero-order valence-corrected chi connectivity index (χ0v) is 12.4. The zero-order chi connectivity index (χ0) is 14.8. The summed E-state index contributed by atoms with van der Waals surface area (Å²) < 4.78 is 0. The Bertz CT molecular complexity index is 429. The molecular weight excluding hydrogens is 280 g/mol. The molecule has 0 bridgehead atoms. The van der Waals surface area contributed by atoms with Crippen molar-refractivity contribution in [3.8, 4) is 0 Å². The van der Waals surface area contributed by atoms with Gasteiger partial charge in [-0.05, 0) is 19.3 Å². The van der Waals surface area contributed by atoms with Crippen molar-refractivity contribution in [3.05, 3.63) is 0 Å². The van der Waals surface area contributed by atoms with Crippen LogP contribution in [-0.2, 0) is 9.59 Å². The number of amides is 2. The quantitative estimate of drug-likeness (QED) is 0.830. The Morgan fingerprint density at radius 3 is 2.70 bits per heavy atom. The average Bonchev–Trinajstić information content (AvgIpc) is 3.02. The van der Waals surface area contributed by atoms with Crippen LogP contribution in [0, 0.1) is 0 Å². The van der Waals surface area contributed by atoms with Gasteiger partial charge in [0.25, 0.3) is 5.24 Å². The molecule has 0 spiro atoms. The van der Waals surface area contributed by atoms with E-state index in [1.165, 1.54) is 16.7 Å². The Hall–Kier alpha value is -1.24. The standard InChI is InChI=1S/C13H20N2O4S/c1-2-13(11(17)18)5-3-6-15(13)10(16)4-7-14-8-9-20-12(14)19/h2-9H2,1H3,(H,17,18). The van der Waals surface area contributed by atoms with Gasteiger partial charge in [-0.2, -0.15) is 0 Å². The lowest BCUT2D eigenvalue weighted by atomic mass is 9.93. The van der Waals surface area contributed by atoms with Crippen molar-refractivity contribution >= 4 is 28.9 Å². The molecular formula is C13H20N2O4S. The van der Waals surface area contributed by atoms with Crippen molar-refractivity contribution in [2.75, 3.05) is 25.4 Å². The first kappa shape index (κ1) is 15.2. The maximum atomic E-state index is 12.3. The van der Waals surface area contributed by atoms with Gasteiger partial charge in [0.2, 0.25) is 5.91 Å². The van der Waals surface area contributed by atoms with Crippen molar-refractivity contribution in [2.45, 2.75) is 38.1 Å². The molecule has 1 unspecified atom stereocenters. The number of aliphatic carboxylic acids is 1. The van der Waals surface area contributed by atoms with Gasteiger partial charge >= 0.3 is 5.97 Å². The number of carboxylic acids is 1. The highest BCUT2D eigenvalue weighted by Gasteiger charge is 2.48. The van der Waals surface area contributed by atoms with Crippen LogP contribution in [0.5, 0.6) is 0 Å².